The maximum Gasteiger partial charge on any atom is 0.509 e. The van der Waals surface area contributed by atoms with Gasteiger partial charge in [-0.25, -0.2) is 0 Å². The molecular weight excluding hydrogens is 240 g/mol. The number of halogens is 3. The first-order valence-electron chi connectivity index (χ1n) is 6.31. The van der Waals surface area contributed by atoms with E-state index < -0.39 is 12.4 Å². The number of benzene rings is 1. The van der Waals surface area contributed by atoms with Crippen LogP contribution >= 0.6 is 0 Å². The highest BCUT2D eigenvalue weighted by atomic mass is 19.4. The molecule has 0 radical (unpaired) electrons. The molecule has 0 aliphatic heterocycles. The summed E-state index contributed by atoms with van der Waals surface area (Å²) in [4.78, 5) is 0. The molecule has 1 aromatic carbocycles. The second-order valence-electron chi connectivity index (χ2n) is 4.59. The summed E-state index contributed by atoms with van der Waals surface area (Å²) in [7, 11) is 0. The van der Waals surface area contributed by atoms with E-state index in [0.29, 0.717) is 23.8 Å². The molecule has 0 saturated carbocycles. The van der Waals surface area contributed by atoms with E-state index in [1.807, 2.05) is 0 Å². The van der Waals surface area contributed by atoms with Gasteiger partial charge in [0.15, 0.2) is 0 Å². The number of rotatable bonds is 6. The van der Waals surface area contributed by atoms with Crippen molar-refractivity contribution in [3.8, 4) is 5.75 Å². The molecule has 0 aliphatic rings. The molecule has 0 unspecified atom stereocenters. The average molecular weight is 259 g/mol. The molecule has 0 saturated heterocycles. The molecule has 0 bridgehead atoms. The normalized spacial score (nSPS) is 11.9. The summed E-state index contributed by atoms with van der Waals surface area (Å²) in [6, 6.07) is 3.67. The Balaban J connectivity index is 2.74. The Morgan fingerprint density at radius 3 is 2.22 bits per heavy atom. The van der Waals surface area contributed by atoms with Crippen molar-refractivity contribution in [3.63, 3.8) is 0 Å². The number of hydrogen-bond donors (Lipinski definition) is 0. The summed E-state index contributed by atoms with van der Waals surface area (Å²) in [5.74, 6) is 1.00. The highest BCUT2D eigenvalue weighted by Crippen LogP contribution is 2.20. The first-order valence-corrected chi connectivity index (χ1v) is 6.31. The van der Waals surface area contributed by atoms with Crippen molar-refractivity contribution in [3.05, 3.63) is 23.8 Å². The standard InChI is InChI=1S/C13H19BF3O/c1-4-11(5-2)9-18-13-7-6-12(8-10(13)3)14(15,16)17/h6-8,11H,4-5,9H2,1-3H3/q-1. The van der Waals surface area contributed by atoms with Crippen LogP contribution in [0.5, 0.6) is 5.75 Å². The molecule has 1 nitrogen and oxygen atoms in total. The lowest BCUT2D eigenvalue weighted by Gasteiger charge is -2.19. The number of hydrogen-bond acceptors (Lipinski definition) is 1. The van der Waals surface area contributed by atoms with E-state index in [0.717, 1.165) is 25.0 Å². The smallest absolute Gasteiger partial charge is 0.493 e. The molecule has 18 heavy (non-hydrogen) atoms. The second-order valence-corrected chi connectivity index (χ2v) is 4.59. The zero-order chi connectivity index (χ0) is 13.8. The predicted molar refractivity (Wildman–Crippen MR) is 69.5 cm³/mol. The molecule has 0 fully saturated rings. The number of ether oxygens (including phenoxy) is 1. The topological polar surface area (TPSA) is 9.23 Å². The van der Waals surface area contributed by atoms with Gasteiger partial charge in [0.05, 0.1) is 6.61 Å². The Kier molecular flexibility index (Phi) is 5.11. The van der Waals surface area contributed by atoms with Crippen LogP contribution in [0.1, 0.15) is 32.3 Å². The summed E-state index contributed by atoms with van der Waals surface area (Å²) in [5.41, 5.74) is -0.0277. The molecular formula is C13H19BF3O-. The van der Waals surface area contributed by atoms with Crippen LogP contribution in [-0.2, 0) is 0 Å². The second kappa shape index (κ2) is 6.16. The lowest BCUT2D eigenvalue weighted by Crippen LogP contribution is -2.34. The van der Waals surface area contributed by atoms with Gasteiger partial charge in [-0.15, -0.1) is 5.46 Å². The summed E-state index contributed by atoms with van der Waals surface area (Å²) < 4.78 is 43.2. The summed E-state index contributed by atoms with van der Waals surface area (Å²) in [6.07, 6.45) is 2.03. The first-order chi connectivity index (χ1) is 8.38. The molecule has 0 spiro atoms. The van der Waals surface area contributed by atoms with E-state index in [9.17, 15) is 12.9 Å². The predicted octanol–water partition coefficient (Wildman–Crippen LogP) is 3.86. The third-order valence-electron chi connectivity index (χ3n) is 3.21. The van der Waals surface area contributed by atoms with Gasteiger partial charge in [-0.1, -0.05) is 38.8 Å². The molecule has 0 atom stereocenters. The van der Waals surface area contributed by atoms with Gasteiger partial charge in [-0.05, 0) is 24.5 Å². The van der Waals surface area contributed by atoms with E-state index in [1.165, 1.54) is 6.07 Å². The van der Waals surface area contributed by atoms with E-state index in [2.05, 4.69) is 13.8 Å². The Hall–Kier alpha value is -1.13. The van der Waals surface area contributed by atoms with Crippen LogP contribution in [0.3, 0.4) is 0 Å². The lowest BCUT2D eigenvalue weighted by atomic mass is 9.79. The van der Waals surface area contributed by atoms with Gasteiger partial charge in [0, 0.05) is 0 Å². The fourth-order valence-electron chi connectivity index (χ4n) is 1.77. The third kappa shape index (κ3) is 3.96. The van der Waals surface area contributed by atoms with Gasteiger partial charge >= 0.3 is 6.98 Å². The summed E-state index contributed by atoms with van der Waals surface area (Å²) in [5, 5.41) is 0. The van der Waals surface area contributed by atoms with Crippen LogP contribution in [0.25, 0.3) is 0 Å². The minimum Gasteiger partial charge on any atom is -0.493 e. The summed E-state index contributed by atoms with van der Waals surface area (Å²) in [6.45, 7) is 1.45. The Bertz CT molecular complexity index is 386. The van der Waals surface area contributed by atoms with Crippen LogP contribution in [0.2, 0.25) is 0 Å². The van der Waals surface area contributed by atoms with Crippen LogP contribution in [0.15, 0.2) is 18.2 Å². The van der Waals surface area contributed by atoms with Gasteiger partial charge in [0.2, 0.25) is 0 Å². The van der Waals surface area contributed by atoms with Crippen molar-refractivity contribution in [1.29, 1.82) is 0 Å². The van der Waals surface area contributed by atoms with Crippen molar-refractivity contribution in [2.45, 2.75) is 33.6 Å². The van der Waals surface area contributed by atoms with Crippen molar-refractivity contribution in [1.82, 2.24) is 0 Å². The van der Waals surface area contributed by atoms with Gasteiger partial charge in [0.1, 0.15) is 5.75 Å². The average Bonchev–Trinajstić information content (AvgIpc) is 2.30. The molecule has 1 aromatic rings. The van der Waals surface area contributed by atoms with Gasteiger partial charge in [-0.2, -0.15) is 0 Å². The molecule has 0 aliphatic carbocycles. The van der Waals surface area contributed by atoms with Crippen molar-refractivity contribution in [2.24, 2.45) is 5.92 Å². The van der Waals surface area contributed by atoms with Crippen LogP contribution in [0.4, 0.5) is 12.9 Å². The SMILES string of the molecule is CCC(CC)COc1ccc([B-](F)(F)F)cc1C. The minimum atomic E-state index is -4.93. The molecule has 0 heterocycles. The molecule has 0 N–H and O–H groups in total. The monoisotopic (exact) mass is 259 g/mol. The van der Waals surface area contributed by atoms with Crippen LogP contribution < -0.4 is 10.2 Å². The molecule has 1 rings (SSSR count). The maximum atomic E-state index is 12.5. The minimum absolute atomic E-state index is 0.455. The molecule has 102 valence electrons. The van der Waals surface area contributed by atoms with E-state index >= 15 is 0 Å². The Morgan fingerprint density at radius 2 is 1.78 bits per heavy atom. The first kappa shape index (κ1) is 14.9. The fourth-order valence-corrected chi connectivity index (χ4v) is 1.77. The molecule has 0 aromatic heterocycles. The quantitative estimate of drug-likeness (QED) is 0.705. The van der Waals surface area contributed by atoms with Crippen molar-refractivity contribution >= 4 is 12.4 Å². The van der Waals surface area contributed by atoms with Crippen molar-refractivity contribution < 1.29 is 17.7 Å². The highest BCUT2D eigenvalue weighted by molar-refractivity contribution is 6.73. The van der Waals surface area contributed by atoms with E-state index in [4.69, 9.17) is 4.74 Å². The Labute approximate surface area is 106 Å². The van der Waals surface area contributed by atoms with E-state index in [1.54, 1.807) is 6.92 Å². The number of aryl methyl sites for hydroxylation is 1. The largest absolute Gasteiger partial charge is 0.509 e. The third-order valence-corrected chi connectivity index (χ3v) is 3.21. The van der Waals surface area contributed by atoms with Gasteiger partial charge < -0.3 is 17.7 Å². The van der Waals surface area contributed by atoms with E-state index in [-0.39, 0.29) is 0 Å². The highest BCUT2D eigenvalue weighted by Gasteiger charge is 2.25. The van der Waals surface area contributed by atoms with Crippen molar-refractivity contribution in [2.75, 3.05) is 6.61 Å². The summed E-state index contributed by atoms with van der Waals surface area (Å²) >= 11 is 0. The zero-order valence-corrected chi connectivity index (χ0v) is 11.1. The van der Waals surface area contributed by atoms with Gasteiger partial charge in [0.25, 0.3) is 0 Å². The lowest BCUT2D eigenvalue weighted by molar-refractivity contribution is 0.239. The molecule has 5 heteroatoms. The van der Waals surface area contributed by atoms with Crippen LogP contribution in [-0.4, -0.2) is 13.6 Å². The zero-order valence-electron chi connectivity index (χ0n) is 11.1. The van der Waals surface area contributed by atoms with Gasteiger partial charge in [-0.3, -0.25) is 0 Å². The maximum absolute atomic E-state index is 12.5. The van der Waals surface area contributed by atoms with Crippen LogP contribution in [0, 0.1) is 12.8 Å². The Morgan fingerprint density at radius 1 is 1.17 bits per heavy atom. The molecule has 0 amide bonds. The fraction of sp³-hybridized carbons (Fsp3) is 0.538.